The van der Waals surface area contributed by atoms with E-state index in [9.17, 15) is 4.79 Å². The minimum absolute atomic E-state index is 0.0934. The van der Waals surface area contributed by atoms with Gasteiger partial charge in [0, 0.05) is 50.1 Å². The Bertz CT molecular complexity index is 1120. The van der Waals surface area contributed by atoms with E-state index in [2.05, 4.69) is 65.5 Å². The van der Waals surface area contributed by atoms with Gasteiger partial charge in [0.15, 0.2) is 5.82 Å². The van der Waals surface area contributed by atoms with Gasteiger partial charge in [-0.15, -0.1) is 5.10 Å². The van der Waals surface area contributed by atoms with Gasteiger partial charge in [-0.25, -0.2) is 4.98 Å². The number of carbonyl (C=O) groups excluding carboxylic acids is 1. The van der Waals surface area contributed by atoms with Gasteiger partial charge < -0.3 is 15.1 Å². The first-order chi connectivity index (χ1) is 14.8. The van der Waals surface area contributed by atoms with Gasteiger partial charge in [0.1, 0.15) is 5.82 Å². The Kier molecular flexibility index (Phi) is 5.76. The number of hydrogen-bond donors (Lipinski definition) is 1. The van der Waals surface area contributed by atoms with Crippen molar-refractivity contribution in [2.24, 2.45) is 0 Å². The van der Waals surface area contributed by atoms with E-state index in [1.54, 1.807) is 6.92 Å². The normalized spacial score (nSPS) is 15.3. The maximum Gasteiger partial charge on any atom is 0.219 e. The van der Waals surface area contributed by atoms with Crippen LogP contribution in [0.1, 0.15) is 42.3 Å². The minimum Gasteiger partial charge on any atom is -0.362 e. The van der Waals surface area contributed by atoms with Crippen LogP contribution in [0.2, 0.25) is 0 Å². The van der Waals surface area contributed by atoms with Gasteiger partial charge in [-0.05, 0) is 50.5 Å². The summed E-state index contributed by atoms with van der Waals surface area (Å²) in [6, 6.07) is 8.58. The fraction of sp³-hybridized carbons (Fsp3) is 0.417. The third-order valence-electron chi connectivity index (χ3n) is 6.35. The summed E-state index contributed by atoms with van der Waals surface area (Å²) in [6.07, 6.45) is 1.89. The molecule has 0 radical (unpaired) electrons. The maximum atomic E-state index is 11.6. The van der Waals surface area contributed by atoms with Crippen LogP contribution in [0.5, 0.6) is 0 Å². The Hall–Kier alpha value is -3.22. The summed E-state index contributed by atoms with van der Waals surface area (Å²) in [5, 5.41) is 14.4. The standard InChI is InChI=1S/C24H30N6O/c1-15-7-6-8-20(16(15)2)17(3)26-24-21-13-23(25-14-22(21)18(4)27-28-24)30-11-9-29(10-12-30)19(5)31/h6-8,13-14,17H,9-12H2,1-5H3,(H,26,28)/t17-/m1/s1. The van der Waals surface area contributed by atoms with Gasteiger partial charge in [-0.2, -0.15) is 5.10 Å². The van der Waals surface area contributed by atoms with Crippen LogP contribution in [0.4, 0.5) is 11.6 Å². The molecule has 4 rings (SSSR count). The molecular formula is C24H30N6O. The molecule has 1 saturated heterocycles. The first-order valence-electron chi connectivity index (χ1n) is 10.8. The third-order valence-corrected chi connectivity index (χ3v) is 6.35. The SMILES string of the molecule is CC(=O)N1CCN(c2cc3c(N[C@H](C)c4cccc(C)c4C)nnc(C)c3cn2)CC1. The van der Waals surface area contributed by atoms with Crippen LogP contribution < -0.4 is 10.2 Å². The quantitative estimate of drug-likeness (QED) is 0.695. The first-order valence-corrected chi connectivity index (χ1v) is 10.8. The van der Waals surface area contributed by atoms with Crippen molar-refractivity contribution in [2.75, 3.05) is 36.4 Å². The summed E-state index contributed by atoms with van der Waals surface area (Å²) < 4.78 is 0. The number of amides is 1. The highest BCUT2D eigenvalue weighted by Gasteiger charge is 2.21. The van der Waals surface area contributed by atoms with Crippen molar-refractivity contribution in [3.05, 3.63) is 52.8 Å². The molecule has 0 saturated carbocycles. The number of aryl methyl sites for hydroxylation is 2. The molecular weight excluding hydrogens is 388 g/mol. The predicted octanol–water partition coefficient (Wildman–Crippen LogP) is 3.79. The molecule has 7 nitrogen and oxygen atoms in total. The van der Waals surface area contributed by atoms with Gasteiger partial charge in [-0.1, -0.05) is 18.2 Å². The Morgan fingerprint density at radius 1 is 1.06 bits per heavy atom. The van der Waals surface area contributed by atoms with Crippen LogP contribution in [-0.2, 0) is 4.79 Å². The average Bonchev–Trinajstić information content (AvgIpc) is 2.77. The molecule has 162 valence electrons. The fourth-order valence-corrected chi connectivity index (χ4v) is 4.22. The number of fused-ring (bicyclic) bond motifs is 1. The van der Waals surface area contributed by atoms with Crippen LogP contribution in [0.25, 0.3) is 10.8 Å². The Morgan fingerprint density at radius 2 is 1.81 bits per heavy atom. The molecule has 2 aromatic heterocycles. The van der Waals surface area contributed by atoms with Crippen LogP contribution >= 0.6 is 0 Å². The zero-order valence-corrected chi connectivity index (χ0v) is 18.9. The second kappa shape index (κ2) is 8.49. The van der Waals surface area contributed by atoms with Gasteiger partial charge >= 0.3 is 0 Å². The van der Waals surface area contributed by atoms with E-state index >= 15 is 0 Å². The monoisotopic (exact) mass is 418 g/mol. The molecule has 1 aliphatic rings. The predicted molar refractivity (Wildman–Crippen MR) is 124 cm³/mol. The van der Waals surface area contributed by atoms with Crippen molar-refractivity contribution >= 4 is 28.3 Å². The van der Waals surface area contributed by atoms with Gasteiger partial charge in [0.05, 0.1) is 11.7 Å². The summed E-state index contributed by atoms with van der Waals surface area (Å²) in [4.78, 5) is 20.4. The lowest BCUT2D eigenvalue weighted by Crippen LogP contribution is -2.48. The number of piperazine rings is 1. The van der Waals surface area contributed by atoms with E-state index in [0.29, 0.717) is 0 Å². The zero-order valence-electron chi connectivity index (χ0n) is 18.9. The largest absolute Gasteiger partial charge is 0.362 e. The minimum atomic E-state index is 0.0934. The topological polar surface area (TPSA) is 74.2 Å². The lowest BCUT2D eigenvalue weighted by atomic mass is 9.98. The second-order valence-electron chi connectivity index (χ2n) is 8.37. The molecule has 7 heteroatoms. The van der Waals surface area contributed by atoms with Crippen molar-refractivity contribution < 1.29 is 4.79 Å². The number of benzene rings is 1. The van der Waals surface area contributed by atoms with Crippen molar-refractivity contribution in [3.63, 3.8) is 0 Å². The molecule has 0 unspecified atom stereocenters. The second-order valence-corrected chi connectivity index (χ2v) is 8.37. The summed E-state index contributed by atoms with van der Waals surface area (Å²) in [5.74, 6) is 1.80. The molecule has 0 bridgehead atoms. The molecule has 1 atom stereocenters. The summed E-state index contributed by atoms with van der Waals surface area (Å²) in [7, 11) is 0. The number of pyridine rings is 1. The lowest BCUT2D eigenvalue weighted by Gasteiger charge is -2.35. The Labute approximate surface area is 183 Å². The number of hydrogen-bond acceptors (Lipinski definition) is 6. The number of rotatable bonds is 4. The number of anilines is 2. The number of carbonyl (C=O) groups is 1. The van der Waals surface area contributed by atoms with Crippen molar-refractivity contribution in [2.45, 2.75) is 40.7 Å². The highest BCUT2D eigenvalue weighted by Crippen LogP contribution is 2.30. The van der Waals surface area contributed by atoms with Gasteiger partial charge in [0.25, 0.3) is 0 Å². The molecule has 1 amide bonds. The first kappa shape index (κ1) is 21.0. The van der Waals surface area contributed by atoms with E-state index in [1.807, 2.05) is 18.0 Å². The molecule has 3 heterocycles. The van der Waals surface area contributed by atoms with E-state index < -0.39 is 0 Å². The van der Waals surface area contributed by atoms with Crippen LogP contribution in [-0.4, -0.2) is 52.2 Å². The molecule has 3 aromatic rings. The van der Waals surface area contributed by atoms with E-state index in [-0.39, 0.29) is 11.9 Å². The van der Waals surface area contributed by atoms with Crippen molar-refractivity contribution in [3.8, 4) is 0 Å². The Morgan fingerprint density at radius 3 is 2.52 bits per heavy atom. The summed E-state index contributed by atoms with van der Waals surface area (Å²) in [5.41, 5.74) is 4.69. The summed E-state index contributed by atoms with van der Waals surface area (Å²) >= 11 is 0. The molecule has 1 aliphatic heterocycles. The van der Waals surface area contributed by atoms with Gasteiger partial charge in [-0.3, -0.25) is 4.79 Å². The highest BCUT2D eigenvalue weighted by molar-refractivity contribution is 5.94. The van der Waals surface area contributed by atoms with Crippen LogP contribution in [0.3, 0.4) is 0 Å². The maximum absolute atomic E-state index is 11.6. The highest BCUT2D eigenvalue weighted by atomic mass is 16.2. The smallest absolute Gasteiger partial charge is 0.219 e. The molecule has 1 aromatic carbocycles. The number of nitrogens with zero attached hydrogens (tertiary/aromatic N) is 5. The molecule has 1 fully saturated rings. The number of nitrogens with one attached hydrogen (secondary N) is 1. The van der Waals surface area contributed by atoms with Crippen molar-refractivity contribution in [1.29, 1.82) is 0 Å². The number of aromatic nitrogens is 3. The zero-order chi connectivity index (χ0) is 22.1. The Balaban J connectivity index is 1.65. The third kappa shape index (κ3) is 4.17. The molecule has 0 spiro atoms. The van der Waals surface area contributed by atoms with Crippen LogP contribution in [0, 0.1) is 20.8 Å². The fourth-order valence-electron chi connectivity index (χ4n) is 4.22. The van der Waals surface area contributed by atoms with Crippen molar-refractivity contribution in [1.82, 2.24) is 20.1 Å². The van der Waals surface area contributed by atoms with Crippen LogP contribution in [0.15, 0.2) is 30.5 Å². The summed E-state index contributed by atoms with van der Waals surface area (Å²) in [6.45, 7) is 13.0. The van der Waals surface area contributed by atoms with E-state index in [1.165, 1.54) is 16.7 Å². The molecule has 31 heavy (non-hydrogen) atoms. The van der Waals surface area contributed by atoms with E-state index in [4.69, 9.17) is 4.98 Å². The molecule has 0 aliphatic carbocycles. The lowest BCUT2D eigenvalue weighted by molar-refractivity contribution is -0.129. The molecule has 1 N–H and O–H groups in total. The van der Waals surface area contributed by atoms with Gasteiger partial charge in [0.2, 0.25) is 5.91 Å². The average molecular weight is 419 g/mol. The van der Waals surface area contributed by atoms with E-state index in [0.717, 1.165) is 54.3 Å².